The summed E-state index contributed by atoms with van der Waals surface area (Å²) >= 11 is 1.57. The van der Waals surface area contributed by atoms with Crippen molar-refractivity contribution in [1.29, 1.82) is 0 Å². The van der Waals surface area contributed by atoms with E-state index in [0.29, 0.717) is 0 Å². The van der Waals surface area contributed by atoms with Crippen LogP contribution in [0.15, 0.2) is 0 Å². The summed E-state index contributed by atoms with van der Waals surface area (Å²) in [4.78, 5) is 16.4. The summed E-state index contributed by atoms with van der Waals surface area (Å²) in [6, 6.07) is 0. The van der Waals surface area contributed by atoms with Crippen LogP contribution in [0.4, 0.5) is 5.13 Å². The monoisotopic (exact) mass is 212 g/mol. The predicted molar refractivity (Wildman–Crippen MR) is 55.0 cm³/mol. The van der Waals surface area contributed by atoms with E-state index in [1.54, 1.807) is 18.4 Å². The molecule has 1 heterocycles. The van der Waals surface area contributed by atoms with E-state index in [9.17, 15) is 4.79 Å². The minimum Gasteiger partial charge on any atom is -0.481 e. The summed E-state index contributed by atoms with van der Waals surface area (Å²) in [5, 5.41) is 12.8. The second kappa shape index (κ2) is 3.57. The Morgan fingerprint density at radius 3 is 3.14 bits per heavy atom. The molecule has 0 amide bonds. The number of thiazole rings is 1. The Balaban J connectivity index is 2.38. The maximum atomic E-state index is 11.0. The maximum absolute atomic E-state index is 11.0. The van der Waals surface area contributed by atoms with Crippen molar-refractivity contribution in [2.24, 2.45) is 0 Å². The Morgan fingerprint density at radius 1 is 1.71 bits per heavy atom. The molecule has 1 unspecified atom stereocenters. The molecule has 1 aromatic heterocycles. The first-order valence-electron chi connectivity index (χ1n) is 4.62. The molecule has 5 heteroatoms. The lowest BCUT2D eigenvalue weighted by atomic mass is 9.91. The first-order valence-corrected chi connectivity index (χ1v) is 5.44. The zero-order valence-electron chi connectivity index (χ0n) is 7.91. The predicted octanol–water partition coefficient (Wildman–Crippen LogP) is 1.69. The number of carboxylic acid groups (broad SMARTS) is 1. The standard InChI is InChI=1S/C9H12N2O2S/c1-10-9-11-7-5(8(12)13)3-2-4-6(7)14-9/h5H,2-4H2,1H3,(H,10,11)(H,12,13). The molecule has 2 rings (SSSR count). The number of hydrogen-bond acceptors (Lipinski definition) is 4. The summed E-state index contributed by atoms with van der Waals surface area (Å²) in [6.07, 6.45) is 2.64. The lowest BCUT2D eigenvalue weighted by molar-refractivity contribution is -0.139. The quantitative estimate of drug-likeness (QED) is 0.783. The number of aromatic nitrogens is 1. The Hall–Kier alpha value is -1.10. The van der Waals surface area contributed by atoms with E-state index in [0.717, 1.165) is 35.0 Å². The number of carbonyl (C=O) groups is 1. The fraction of sp³-hybridized carbons (Fsp3) is 0.556. The first kappa shape index (κ1) is 9.45. The Labute approximate surface area is 86.0 Å². The van der Waals surface area contributed by atoms with Crippen molar-refractivity contribution in [1.82, 2.24) is 4.98 Å². The fourth-order valence-electron chi connectivity index (χ4n) is 1.77. The molecule has 0 bridgehead atoms. The average Bonchev–Trinajstić information content (AvgIpc) is 2.59. The van der Waals surface area contributed by atoms with E-state index < -0.39 is 11.9 Å². The third-order valence-corrected chi connectivity index (χ3v) is 3.61. The van der Waals surface area contributed by atoms with Crippen LogP contribution in [0.3, 0.4) is 0 Å². The van der Waals surface area contributed by atoms with Gasteiger partial charge in [0.05, 0.1) is 5.69 Å². The smallest absolute Gasteiger partial charge is 0.312 e. The van der Waals surface area contributed by atoms with Crippen molar-refractivity contribution in [2.75, 3.05) is 12.4 Å². The van der Waals surface area contributed by atoms with Gasteiger partial charge in [0.2, 0.25) is 0 Å². The maximum Gasteiger partial charge on any atom is 0.312 e. The summed E-state index contributed by atoms with van der Waals surface area (Å²) in [6.45, 7) is 0. The van der Waals surface area contributed by atoms with Gasteiger partial charge < -0.3 is 10.4 Å². The molecule has 0 saturated carbocycles. The highest BCUT2D eigenvalue weighted by atomic mass is 32.1. The van der Waals surface area contributed by atoms with Crippen LogP contribution in [0.2, 0.25) is 0 Å². The number of fused-ring (bicyclic) bond motifs is 1. The van der Waals surface area contributed by atoms with Crippen LogP contribution < -0.4 is 5.32 Å². The van der Waals surface area contributed by atoms with Gasteiger partial charge in [-0.1, -0.05) is 0 Å². The van der Waals surface area contributed by atoms with Gasteiger partial charge in [0.15, 0.2) is 5.13 Å². The summed E-state index contributed by atoms with van der Waals surface area (Å²) in [5.41, 5.74) is 0.776. The molecule has 14 heavy (non-hydrogen) atoms. The van der Waals surface area contributed by atoms with Crippen molar-refractivity contribution < 1.29 is 9.90 Å². The molecule has 0 aromatic carbocycles. The Morgan fingerprint density at radius 2 is 2.50 bits per heavy atom. The van der Waals surface area contributed by atoms with Crippen LogP contribution >= 0.6 is 11.3 Å². The molecule has 0 aliphatic heterocycles. The highest BCUT2D eigenvalue weighted by molar-refractivity contribution is 7.15. The number of rotatable bonds is 2. The van der Waals surface area contributed by atoms with Gasteiger partial charge in [-0.3, -0.25) is 4.79 Å². The Kier molecular flexibility index (Phi) is 2.41. The van der Waals surface area contributed by atoms with Gasteiger partial charge in [0.25, 0.3) is 0 Å². The molecule has 1 aliphatic carbocycles. The van der Waals surface area contributed by atoms with Crippen molar-refractivity contribution in [2.45, 2.75) is 25.2 Å². The van der Waals surface area contributed by atoms with E-state index in [4.69, 9.17) is 5.11 Å². The summed E-state index contributed by atoms with van der Waals surface area (Å²) < 4.78 is 0. The van der Waals surface area contributed by atoms with Crippen LogP contribution in [0.25, 0.3) is 0 Å². The molecule has 4 nitrogen and oxygen atoms in total. The third kappa shape index (κ3) is 1.48. The first-order chi connectivity index (χ1) is 6.72. The van der Waals surface area contributed by atoms with E-state index in [1.807, 2.05) is 0 Å². The van der Waals surface area contributed by atoms with Crippen molar-refractivity contribution in [3.63, 3.8) is 0 Å². The second-order valence-electron chi connectivity index (χ2n) is 3.36. The highest BCUT2D eigenvalue weighted by Gasteiger charge is 2.29. The normalized spacial score (nSPS) is 20.2. The zero-order chi connectivity index (χ0) is 10.1. The largest absolute Gasteiger partial charge is 0.481 e. The van der Waals surface area contributed by atoms with Gasteiger partial charge >= 0.3 is 5.97 Å². The van der Waals surface area contributed by atoms with E-state index in [1.165, 1.54) is 0 Å². The number of nitrogens with one attached hydrogen (secondary N) is 1. The highest BCUT2D eigenvalue weighted by Crippen LogP contribution is 2.36. The number of aliphatic carboxylic acids is 1. The lowest BCUT2D eigenvalue weighted by Gasteiger charge is -2.16. The van der Waals surface area contributed by atoms with Crippen molar-refractivity contribution in [3.05, 3.63) is 10.6 Å². The number of carboxylic acids is 1. The lowest BCUT2D eigenvalue weighted by Crippen LogP contribution is -2.17. The average molecular weight is 212 g/mol. The van der Waals surface area contributed by atoms with Crippen molar-refractivity contribution in [3.8, 4) is 0 Å². The number of aryl methyl sites for hydroxylation is 1. The zero-order valence-corrected chi connectivity index (χ0v) is 8.73. The van der Waals surface area contributed by atoms with Crippen LogP contribution in [-0.2, 0) is 11.2 Å². The molecular weight excluding hydrogens is 200 g/mol. The topological polar surface area (TPSA) is 62.2 Å². The molecule has 0 radical (unpaired) electrons. The van der Waals surface area contributed by atoms with Gasteiger partial charge in [-0.2, -0.15) is 0 Å². The molecule has 2 N–H and O–H groups in total. The molecule has 1 atom stereocenters. The molecule has 1 aromatic rings. The van der Waals surface area contributed by atoms with Crippen LogP contribution in [0, 0.1) is 0 Å². The van der Waals surface area contributed by atoms with E-state index >= 15 is 0 Å². The number of anilines is 1. The summed E-state index contributed by atoms with van der Waals surface area (Å²) in [5.74, 6) is -1.14. The molecule has 1 aliphatic rings. The molecule has 0 saturated heterocycles. The summed E-state index contributed by atoms with van der Waals surface area (Å²) in [7, 11) is 1.81. The van der Waals surface area contributed by atoms with Crippen LogP contribution in [0.1, 0.15) is 29.3 Å². The molecule has 0 fully saturated rings. The van der Waals surface area contributed by atoms with Gasteiger partial charge in [-0.25, -0.2) is 4.98 Å². The molecular formula is C9H12N2O2S. The van der Waals surface area contributed by atoms with Gasteiger partial charge in [0, 0.05) is 11.9 Å². The van der Waals surface area contributed by atoms with Crippen LogP contribution in [0.5, 0.6) is 0 Å². The van der Waals surface area contributed by atoms with E-state index in [-0.39, 0.29) is 0 Å². The minimum absolute atomic E-state index is 0.392. The number of nitrogens with zero attached hydrogens (tertiary/aromatic N) is 1. The molecule has 0 spiro atoms. The number of hydrogen-bond donors (Lipinski definition) is 2. The van der Waals surface area contributed by atoms with Gasteiger partial charge in [0.1, 0.15) is 5.92 Å². The fourth-order valence-corrected chi connectivity index (χ4v) is 2.78. The second-order valence-corrected chi connectivity index (χ2v) is 4.44. The SMILES string of the molecule is CNc1nc2c(s1)CCCC2C(=O)O. The Bertz CT molecular complexity index is 362. The minimum atomic E-state index is -0.751. The van der Waals surface area contributed by atoms with Gasteiger partial charge in [-0.15, -0.1) is 11.3 Å². The molecule has 76 valence electrons. The van der Waals surface area contributed by atoms with Gasteiger partial charge in [-0.05, 0) is 19.3 Å². The van der Waals surface area contributed by atoms with E-state index in [2.05, 4.69) is 10.3 Å². The van der Waals surface area contributed by atoms with Crippen LogP contribution in [-0.4, -0.2) is 23.1 Å². The third-order valence-electron chi connectivity index (χ3n) is 2.47. The van der Waals surface area contributed by atoms with Crippen molar-refractivity contribution >= 4 is 22.4 Å².